The summed E-state index contributed by atoms with van der Waals surface area (Å²) in [4.78, 5) is 27.0. The number of ether oxygens (including phenoxy) is 1. The first-order valence-corrected chi connectivity index (χ1v) is 9.32. The van der Waals surface area contributed by atoms with Crippen molar-refractivity contribution in [3.05, 3.63) is 59.7 Å². The zero-order chi connectivity index (χ0) is 19.2. The van der Waals surface area contributed by atoms with E-state index in [1.165, 1.54) is 0 Å². The van der Waals surface area contributed by atoms with Crippen molar-refractivity contribution in [3.63, 3.8) is 0 Å². The van der Waals surface area contributed by atoms with Gasteiger partial charge in [-0.3, -0.25) is 14.5 Å². The van der Waals surface area contributed by atoms with Crippen molar-refractivity contribution in [2.24, 2.45) is 5.92 Å². The summed E-state index contributed by atoms with van der Waals surface area (Å²) in [5.41, 5.74) is 2.70. The normalized spacial score (nSPS) is 15.3. The molecule has 1 aliphatic heterocycles. The van der Waals surface area contributed by atoms with E-state index in [0.717, 1.165) is 48.5 Å². The number of likely N-dealkylation sites (tertiary alicyclic amines) is 1. The van der Waals surface area contributed by atoms with Crippen molar-refractivity contribution < 1.29 is 14.3 Å². The average molecular weight is 366 g/mol. The molecule has 2 aromatic carbocycles. The lowest BCUT2D eigenvalue weighted by atomic mass is 9.88. The molecule has 1 saturated heterocycles. The van der Waals surface area contributed by atoms with E-state index >= 15 is 0 Å². The number of methoxy groups -OCH3 is 1. The third-order valence-electron chi connectivity index (χ3n) is 5.04. The van der Waals surface area contributed by atoms with Crippen LogP contribution in [0.2, 0.25) is 0 Å². The number of ketones is 1. The fourth-order valence-electron chi connectivity index (χ4n) is 3.38. The Kier molecular flexibility index (Phi) is 6.24. The third kappa shape index (κ3) is 5.17. The SMILES string of the molecule is COc1ccc(NC(=O)CN2CCC(C(=O)c3ccc(C)cc3)CC2)cc1. The van der Waals surface area contributed by atoms with Crippen LogP contribution >= 0.6 is 0 Å². The van der Waals surface area contributed by atoms with Crippen LogP contribution < -0.4 is 10.1 Å². The highest BCUT2D eigenvalue weighted by molar-refractivity contribution is 5.98. The van der Waals surface area contributed by atoms with E-state index in [1.807, 2.05) is 55.5 Å². The number of carbonyl (C=O) groups is 2. The van der Waals surface area contributed by atoms with Crippen molar-refractivity contribution in [1.82, 2.24) is 4.90 Å². The largest absolute Gasteiger partial charge is 0.497 e. The summed E-state index contributed by atoms with van der Waals surface area (Å²) >= 11 is 0. The highest BCUT2D eigenvalue weighted by Gasteiger charge is 2.26. The fraction of sp³-hybridized carbons (Fsp3) is 0.364. The monoisotopic (exact) mass is 366 g/mol. The van der Waals surface area contributed by atoms with Crippen LogP contribution in [0.15, 0.2) is 48.5 Å². The number of nitrogens with zero attached hydrogens (tertiary/aromatic N) is 1. The third-order valence-corrected chi connectivity index (χ3v) is 5.04. The smallest absolute Gasteiger partial charge is 0.238 e. The van der Waals surface area contributed by atoms with E-state index in [-0.39, 0.29) is 17.6 Å². The van der Waals surface area contributed by atoms with Gasteiger partial charge in [-0.25, -0.2) is 0 Å². The Morgan fingerprint density at radius 3 is 2.26 bits per heavy atom. The standard InChI is InChI=1S/C22H26N2O3/c1-16-3-5-17(6-4-16)22(26)18-11-13-24(14-12-18)15-21(25)23-19-7-9-20(27-2)10-8-19/h3-10,18H,11-15H2,1-2H3,(H,23,25). The molecule has 1 amide bonds. The molecule has 0 radical (unpaired) electrons. The summed E-state index contributed by atoms with van der Waals surface area (Å²) in [5.74, 6) is 0.989. The number of piperidine rings is 1. The van der Waals surface area contributed by atoms with Crippen LogP contribution in [-0.2, 0) is 4.79 Å². The number of carbonyl (C=O) groups excluding carboxylic acids is 2. The van der Waals surface area contributed by atoms with E-state index < -0.39 is 0 Å². The van der Waals surface area contributed by atoms with Gasteiger partial charge in [-0.1, -0.05) is 29.8 Å². The van der Waals surface area contributed by atoms with Gasteiger partial charge in [-0.15, -0.1) is 0 Å². The Labute approximate surface area is 160 Å². The number of rotatable bonds is 6. The van der Waals surface area contributed by atoms with Gasteiger partial charge in [-0.2, -0.15) is 0 Å². The summed E-state index contributed by atoms with van der Waals surface area (Å²) in [5, 5.41) is 2.90. The number of nitrogens with one attached hydrogen (secondary N) is 1. The maximum absolute atomic E-state index is 12.6. The Hall–Kier alpha value is -2.66. The van der Waals surface area contributed by atoms with Gasteiger partial charge in [0.05, 0.1) is 13.7 Å². The molecule has 0 aromatic heterocycles. The first-order chi connectivity index (χ1) is 13.0. The summed E-state index contributed by atoms with van der Waals surface area (Å²) in [7, 11) is 1.61. The Morgan fingerprint density at radius 1 is 1.04 bits per heavy atom. The molecule has 0 bridgehead atoms. The molecule has 2 aromatic rings. The highest BCUT2D eigenvalue weighted by Crippen LogP contribution is 2.22. The van der Waals surface area contributed by atoms with Gasteiger partial charge >= 0.3 is 0 Å². The predicted molar refractivity (Wildman–Crippen MR) is 106 cm³/mol. The van der Waals surface area contributed by atoms with Crippen molar-refractivity contribution in [3.8, 4) is 5.75 Å². The van der Waals surface area contributed by atoms with E-state index in [0.29, 0.717) is 6.54 Å². The van der Waals surface area contributed by atoms with Gasteiger partial charge < -0.3 is 10.1 Å². The number of anilines is 1. The Balaban J connectivity index is 1.46. The molecule has 0 spiro atoms. The lowest BCUT2D eigenvalue weighted by molar-refractivity contribution is -0.117. The molecule has 5 nitrogen and oxygen atoms in total. The summed E-state index contributed by atoms with van der Waals surface area (Å²) < 4.78 is 5.11. The van der Waals surface area contributed by atoms with Crippen LogP contribution in [0.5, 0.6) is 5.75 Å². The molecule has 5 heteroatoms. The van der Waals surface area contributed by atoms with E-state index in [2.05, 4.69) is 10.2 Å². The summed E-state index contributed by atoms with van der Waals surface area (Å²) in [6.45, 7) is 3.89. The molecule has 142 valence electrons. The number of hydrogen-bond acceptors (Lipinski definition) is 4. The molecule has 27 heavy (non-hydrogen) atoms. The van der Waals surface area contributed by atoms with Crippen molar-refractivity contribution >= 4 is 17.4 Å². The van der Waals surface area contributed by atoms with Gasteiger partial charge in [0.2, 0.25) is 5.91 Å². The molecule has 1 fully saturated rings. The van der Waals surface area contributed by atoms with Gasteiger partial charge in [0.15, 0.2) is 5.78 Å². The number of Topliss-reactive ketones (excluding diaryl/α,β-unsaturated/α-hetero) is 1. The van der Waals surface area contributed by atoms with Gasteiger partial charge in [0.25, 0.3) is 0 Å². The number of amides is 1. The maximum atomic E-state index is 12.6. The number of hydrogen-bond donors (Lipinski definition) is 1. The summed E-state index contributed by atoms with van der Waals surface area (Å²) in [6, 6.07) is 15.1. The van der Waals surface area contributed by atoms with Crippen LogP contribution in [0.3, 0.4) is 0 Å². The zero-order valence-corrected chi connectivity index (χ0v) is 15.9. The topological polar surface area (TPSA) is 58.6 Å². The van der Waals surface area contributed by atoms with Crippen molar-refractivity contribution in [2.45, 2.75) is 19.8 Å². The lowest BCUT2D eigenvalue weighted by Gasteiger charge is -2.30. The molecule has 1 N–H and O–H groups in total. The van der Waals surface area contributed by atoms with Crippen molar-refractivity contribution in [1.29, 1.82) is 0 Å². The first kappa shape index (κ1) is 19.1. The molecule has 0 atom stereocenters. The molecule has 0 aliphatic carbocycles. The Morgan fingerprint density at radius 2 is 1.67 bits per heavy atom. The van der Waals surface area contributed by atoms with E-state index in [1.54, 1.807) is 7.11 Å². The maximum Gasteiger partial charge on any atom is 0.238 e. The second-order valence-electron chi connectivity index (χ2n) is 7.06. The molecular formula is C22H26N2O3. The van der Waals surface area contributed by atoms with E-state index in [4.69, 9.17) is 4.74 Å². The van der Waals surface area contributed by atoms with Crippen LogP contribution in [-0.4, -0.2) is 43.3 Å². The van der Waals surface area contributed by atoms with Crippen LogP contribution in [0, 0.1) is 12.8 Å². The van der Waals surface area contributed by atoms with Gasteiger partial charge in [0, 0.05) is 17.2 Å². The Bertz CT molecular complexity index is 776. The van der Waals surface area contributed by atoms with Crippen molar-refractivity contribution in [2.75, 3.05) is 32.1 Å². The van der Waals surface area contributed by atoms with E-state index in [9.17, 15) is 9.59 Å². The molecule has 1 aliphatic rings. The molecule has 1 heterocycles. The average Bonchev–Trinajstić information content (AvgIpc) is 2.69. The predicted octanol–water partition coefficient (Wildman–Crippen LogP) is 3.54. The number of aryl methyl sites for hydroxylation is 1. The minimum atomic E-state index is -0.0384. The first-order valence-electron chi connectivity index (χ1n) is 9.32. The highest BCUT2D eigenvalue weighted by atomic mass is 16.5. The molecule has 0 saturated carbocycles. The quantitative estimate of drug-likeness (QED) is 0.795. The zero-order valence-electron chi connectivity index (χ0n) is 15.9. The summed E-state index contributed by atoms with van der Waals surface area (Å²) in [6.07, 6.45) is 1.59. The fourth-order valence-corrected chi connectivity index (χ4v) is 3.38. The van der Waals surface area contributed by atoms with Crippen LogP contribution in [0.25, 0.3) is 0 Å². The molecule has 3 rings (SSSR count). The lowest BCUT2D eigenvalue weighted by Crippen LogP contribution is -2.40. The second-order valence-corrected chi connectivity index (χ2v) is 7.06. The minimum absolute atomic E-state index is 0.0384. The minimum Gasteiger partial charge on any atom is -0.497 e. The number of benzene rings is 2. The van der Waals surface area contributed by atoms with Crippen LogP contribution in [0.1, 0.15) is 28.8 Å². The molecular weight excluding hydrogens is 340 g/mol. The second kappa shape index (κ2) is 8.82. The van der Waals surface area contributed by atoms with Gasteiger partial charge in [0.1, 0.15) is 5.75 Å². The van der Waals surface area contributed by atoms with Crippen LogP contribution in [0.4, 0.5) is 5.69 Å². The van der Waals surface area contributed by atoms with Gasteiger partial charge in [-0.05, 0) is 57.1 Å². The molecule has 0 unspecified atom stereocenters.